The highest BCUT2D eigenvalue weighted by molar-refractivity contribution is 7.92. The molecule has 7 nitrogen and oxygen atoms in total. The van der Waals surface area contributed by atoms with Gasteiger partial charge in [0.2, 0.25) is 0 Å². The number of hydrogen-bond donors (Lipinski definition) is 1. The second kappa shape index (κ2) is 6.82. The van der Waals surface area contributed by atoms with Gasteiger partial charge in [0.1, 0.15) is 0 Å². The molecular formula is C16H22N4O3S. The molecular weight excluding hydrogens is 328 g/mol. The van der Waals surface area contributed by atoms with Crippen LogP contribution >= 0.6 is 0 Å². The molecule has 3 rings (SSSR count). The minimum atomic E-state index is -3.66. The predicted molar refractivity (Wildman–Crippen MR) is 92.7 cm³/mol. The maximum absolute atomic E-state index is 12.3. The normalized spacial score (nSPS) is 18.6. The lowest BCUT2D eigenvalue weighted by molar-refractivity contribution is 0.0893. The summed E-state index contributed by atoms with van der Waals surface area (Å²) in [5.41, 5.74) is 1.59. The van der Waals surface area contributed by atoms with Crippen molar-refractivity contribution in [3.8, 4) is 0 Å². The number of anilines is 2. The first kappa shape index (κ1) is 16.8. The molecule has 1 aliphatic heterocycles. The Morgan fingerprint density at radius 3 is 2.67 bits per heavy atom. The Labute approximate surface area is 142 Å². The molecule has 8 heteroatoms. The number of nitrogens with one attached hydrogen (secondary N) is 1. The van der Waals surface area contributed by atoms with Crippen LogP contribution in [0.4, 0.5) is 11.4 Å². The summed E-state index contributed by atoms with van der Waals surface area (Å²) in [5, 5.41) is 0.00745. The summed E-state index contributed by atoms with van der Waals surface area (Å²) >= 11 is 0. The van der Waals surface area contributed by atoms with Gasteiger partial charge in [-0.2, -0.15) is 8.42 Å². The average molecular weight is 350 g/mol. The van der Waals surface area contributed by atoms with Crippen molar-refractivity contribution in [2.75, 3.05) is 29.8 Å². The van der Waals surface area contributed by atoms with Crippen LogP contribution in [0.2, 0.25) is 0 Å². The third-order valence-electron chi connectivity index (χ3n) is 4.15. The largest absolute Gasteiger partial charge is 0.380 e. The molecule has 1 aliphatic rings. The lowest BCUT2D eigenvalue weighted by Gasteiger charge is -2.33. The topological polar surface area (TPSA) is 76.5 Å². The van der Waals surface area contributed by atoms with Crippen LogP contribution in [0.25, 0.3) is 0 Å². The van der Waals surface area contributed by atoms with E-state index in [-0.39, 0.29) is 11.1 Å². The minimum Gasteiger partial charge on any atom is -0.380 e. The Morgan fingerprint density at radius 2 is 2.04 bits per heavy atom. The van der Waals surface area contributed by atoms with Crippen LogP contribution in [0.5, 0.6) is 0 Å². The SMILES string of the molecule is COC1CCCN(c2ccc(NS(=O)(=O)c3cn(C)cn3)cc2)C1. The summed E-state index contributed by atoms with van der Waals surface area (Å²) in [6, 6.07) is 7.39. The van der Waals surface area contributed by atoms with E-state index in [4.69, 9.17) is 4.74 Å². The van der Waals surface area contributed by atoms with E-state index in [9.17, 15) is 8.42 Å². The van der Waals surface area contributed by atoms with Gasteiger partial charge in [0.15, 0.2) is 5.03 Å². The summed E-state index contributed by atoms with van der Waals surface area (Å²) in [5.74, 6) is 0. The van der Waals surface area contributed by atoms with Crippen molar-refractivity contribution < 1.29 is 13.2 Å². The van der Waals surface area contributed by atoms with Crippen LogP contribution in [-0.2, 0) is 21.8 Å². The van der Waals surface area contributed by atoms with E-state index in [1.807, 2.05) is 12.1 Å². The van der Waals surface area contributed by atoms with Crippen molar-refractivity contribution >= 4 is 21.4 Å². The van der Waals surface area contributed by atoms with Crippen molar-refractivity contribution in [1.29, 1.82) is 0 Å². The quantitative estimate of drug-likeness (QED) is 0.890. The van der Waals surface area contributed by atoms with E-state index in [0.29, 0.717) is 5.69 Å². The van der Waals surface area contributed by atoms with Crippen molar-refractivity contribution in [3.05, 3.63) is 36.8 Å². The molecule has 1 unspecified atom stereocenters. The Hall–Kier alpha value is -2.06. The average Bonchev–Trinajstić information content (AvgIpc) is 3.03. The molecule has 130 valence electrons. The highest BCUT2D eigenvalue weighted by Crippen LogP contribution is 2.24. The number of aromatic nitrogens is 2. The van der Waals surface area contributed by atoms with Gasteiger partial charge < -0.3 is 14.2 Å². The lowest BCUT2D eigenvalue weighted by atomic mass is 10.1. The molecule has 24 heavy (non-hydrogen) atoms. The summed E-state index contributed by atoms with van der Waals surface area (Å²) in [6.07, 6.45) is 5.35. The summed E-state index contributed by atoms with van der Waals surface area (Å²) in [4.78, 5) is 6.14. The molecule has 1 fully saturated rings. The first-order chi connectivity index (χ1) is 11.5. The van der Waals surface area contributed by atoms with E-state index in [1.54, 1.807) is 30.9 Å². The summed E-state index contributed by atoms with van der Waals surface area (Å²) in [6.45, 7) is 1.84. The van der Waals surface area contributed by atoms with Gasteiger partial charge in [-0.1, -0.05) is 0 Å². The van der Waals surface area contributed by atoms with Crippen LogP contribution in [-0.4, -0.2) is 44.3 Å². The highest BCUT2D eigenvalue weighted by Gasteiger charge is 2.20. The molecule has 1 N–H and O–H groups in total. The zero-order valence-electron chi connectivity index (χ0n) is 13.8. The molecule has 0 amide bonds. The third-order valence-corrected chi connectivity index (χ3v) is 5.42. The lowest BCUT2D eigenvalue weighted by Crippen LogP contribution is -2.39. The van der Waals surface area contributed by atoms with Crippen molar-refractivity contribution in [2.45, 2.75) is 24.0 Å². The van der Waals surface area contributed by atoms with Crippen molar-refractivity contribution in [3.63, 3.8) is 0 Å². The minimum absolute atomic E-state index is 0.00745. The van der Waals surface area contributed by atoms with Gasteiger partial charge >= 0.3 is 0 Å². The summed E-state index contributed by atoms with van der Waals surface area (Å²) in [7, 11) is -0.190. The molecule has 2 aromatic rings. The molecule has 0 radical (unpaired) electrons. The Balaban J connectivity index is 1.70. The van der Waals surface area contributed by atoms with Crippen molar-refractivity contribution in [1.82, 2.24) is 9.55 Å². The second-order valence-electron chi connectivity index (χ2n) is 5.98. The number of ether oxygens (including phenoxy) is 1. The zero-order valence-corrected chi connectivity index (χ0v) is 14.7. The number of hydrogen-bond acceptors (Lipinski definition) is 5. The van der Waals surface area contributed by atoms with Crippen LogP contribution in [0.15, 0.2) is 41.8 Å². The molecule has 0 aliphatic carbocycles. The van der Waals surface area contributed by atoms with Crippen LogP contribution in [0.3, 0.4) is 0 Å². The van der Waals surface area contributed by atoms with E-state index in [1.165, 1.54) is 12.5 Å². The highest BCUT2D eigenvalue weighted by atomic mass is 32.2. The third kappa shape index (κ3) is 3.70. The van der Waals surface area contributed by atoms with E-state index < -0.39 is 10.0 Å². The van der Waals surface area contributed by atoms with Crippen LogP contribution < -0.4 is 9.62 Å². The number of piperidine rings is 1. The Morgan fingerprint density at radius 1 is 1.29 bits per heavy atom. The first-order valence-corrected chi connectivity index (χ1v) is 9.35. The fraction of sp³-hybridized carbons (Fsp3) is 0.438. The molecule has 0 saturated carbocycles. The van der Waals surface area contributed by atoms with Gasteiger partial charge in [0, 0.05) is 44.8 Å². The van der Waals surface area contributed by atoms with Gasteiger partial charge in [-0.3, -0.25) is 4.72 Å². The van der Waals surface area contributed by atoms with E-state index >= 15 is 0 Å². The number of sulfonamides is 1. The molecule has 1 atom stereocenters. The van der Waals surface area contributed by atoms with Gasteiger partial charge in [-0.15, -0.1) is 0 Å². The molecule has 1 saturated heterocycles. The van der Waals surface area contributed by atoms with Crippen molar-refractivity contribution in [2.24, 2.45) is 7.05 Å². The molecule has 0 spiro atoms. The molecule has 1 aromatic heterocycles. The fourth-order valence-electron chi connectivity index (χ4n) is 2.84. The smallest absolute Gasteiger partial charge is 0.280 e. The number of imidazole rings is 1. The van der Waals surface area contributed by atoms with Crippen LogP contribution in [0, 0.1) is 0 Å². The number of benzene rings is 1. The Bertz CT molecular complexity index is 786. The number of rotatable bonds is 5. The number of nitrogens with zero attached hydrogens (tertiary/aromatic N) is 3. The maximum atomic E-state index is 12.3. The zero-order chi connectivity index (χ0) is 17.2. The standard InChI is InChI=1S/C16H22N4O3S/c1-19-11-16(17-12-19)24(21,22)18-13-5-7-14(8-6-13)20-9-3-4-15(10-20)23-2/h5-8,11-12,15,18H,3-4,9-10H2,1-2H3. The number of methoxy groups -OCH3 is 1. The molecule has 1 aromatic carbocycles. The van der Waals surface area contributed by atoms with E-state index in [2.05, 4.69) is 14.6 Å². The summed E-state index contributed by atoms with van der Waals surface area (Å²) < 4.78 is 34.1. The van der Waals surface area contributed by atoms with Gasteiger partial charge in [-0.25, -0.2) is 4.98 Å². The van der Waals surface area contributed by atoms with E-state index in [0.717, 1.165) is 31.6 Å². The monoisotopic (exact) mass is 350 g/mol. The fourth-order valence-corrected chi connectivity index (χ4v) is 3.88. The second-order valence-corrected chi connectivity index (χ2v) is 7.60. The number of aryl methyl sites for hydroxylation is 1. The molecule has 2 heterocycles. The van der Waals surface area contributed by atoms with Gasteiger partial charge in [-0.05, 0) is 37.1 Å². The maximum Gasteiger partial charge on any atom is 0.280 e. The van der Waals surface area contributed by atoms with Crippen LogP contribution in [0.1, 0.15) is 12.8 Å². The van der Waals surface area contributed by atoms with Gasteiger partial charge in [0.05, 0.1) is 12.4 Å². The molecule has 0 bridgehead atoms. The first-order valence-electron chi connectivity index (χ1n) is 7.86. The predicted octanol–water partition coefficient (Wildman–Crippen LogP) is 1.84. The Kier molecular flexibility index (Phi) is 4.77. The van der Waals surface area contributed by atoms with Gasteiger partial charge in [0.25, 0.3) is 10.0 Å².